The Hall–Kier alpha value is -0.0500. The van der Waals surface area contributed by atoms with E-state index in [-0.39, 0.29) is 5.91 Å². The third-order valence-corrected chi connectivity index (χ3v) is 4.54. The van der Waals surface area contributed by atoms with Crippen molar-refractivity contribution in [3.8, 4) is 0 Å². The van der Waals surface area contributed by atoms with Crippen LogP contribution in [0.25, 0.3) is 0 Å². The fourth-order valence-electron chi connectivity index (χ4n) is 2.23. The molecule has 0 atom stereocenters. The zero-order chi connectivity index (χ0) is 11.0. The van der Waals surface area contributed by atoms with Crippen molar-refractivity contribution < 1.29 is 4.79 Å². The van der Waals surface area contributed by atoms with Crippen molar-refractivity contribution in [2.24, 2.45) is 16.7 Å². The number of halogens is 1. The zero-order valence-electron chi connectivity index (χ0n) is 9.48. The number of hydrogen-bond acceptors (Lipinski definition) is 1. The number of hydrogen-bond donors (Lipinski definition) is 1. The Labute approximate surface area is 95.0 Å². The monoisotopic (exact) mass is 261 g/mol. The minimum absolute atomic E-state index is 0.153. The van der Waals surface area contributed by atoms with Gasteiger partial charge in [-0.2, -0.15) is 0 Å². The molecule has 1 fully saturated rings. The number of alkyl halides is 1. The first-order valence-electron chi connectivity index (χ1n) is 5.16. The molecule has 0 spiro atoms. The van der Waals surface area contributed by atoms with Gasteiger partial charge in [-0.3, -0.25) is 4.79 Å². The molecule has 0 aromatic heterocycles. The highest BCUT2D eigenvalue weighted by Gasteiger charge is 2.64. The van der Waals surface area contributed by atoms with Crippen LogP contribution in [0.3, 0.4) is 0 Å². The molecule has 82 valence electrons. The number of amides is 1. The second kappa shape index (κ2) is 3.84. The summed E-state index contributed by atoms with van der Waals surface area (Å²) >= 11 is 3.26. The maximum Gasteiger partial charge on any atom is 0.220 e. The van der Waals surface area contributed by atoms with Crippen LogP contribution < -0.4 is 5.32 Å². The lowest BCUT2D eigenvalue weighted by Crippen LogP contribution is -2.27. The molecule has 1 aliphatic carbocycles. The van der Waals surface area contributed by atoms with E-state index in [0.717, 1.165) is 11.9 Å². The molecule has 1 amide bonds. The molecule has 0 aromatic carbocycles. The highest BCUT2D eigenvalue weighted by Crippen LogP contribution is 2.67. The largest absolute Gasteiger partial charge is 0.356 e. The van der Waals surface area contributed by atoms with E-state index < -0.39 is 0 Å². The molecule has 3 heteroatoms. The van der Waals surface area contributed by atoms with E-state index in [4.69, 9.17) is 0 Å². The van der Waals surface area contributed by atoms with Gasteiger partial charge in [-0.15, -0.1) is 0 Å². The van der Waals surface area contributed by atoms with Gasteiger partial charge in [0.2, 0.25) is 5.91 Å². The third kappa shape index (κ3) is 1.97. The molecule has 0 heterocycles. The molecule has 0 radical (unpaired) electrons. The zero-order valence-corrected chi connectivity index (χ0v) is 11.1. The van der Waals surface area contributed by atoms with Crippen molar-refractivity contribution >= 4 is 21.8 Å². The van der Waals surface area contributed by atoms with Crippen LogP contribution in [-0.2, 0) is 4.79 Å². The van der Waals surface area contributed by atoms with Crippen LogP contribution in [0.5, 0.6) is 0 Å². The summed E-state index contributed by atoms with van der Waals surface area (Å²) in [6.45, 7) is 9.91. The smallest absolute Gasteiger partial charge is 0.220 e. The summed E-state index contributed by atoms with van der Waals surface area (Å²) in [5.74, 6) is 0.773. The standard InChI is InChI=1S/C11H20BrNO/c1-10(2)8(11(10,3)4)7-13-9(14)5-6-12/h8H,5-7H2,1-4H3,(H,13,14). The van der Waals surface area contributed by atoms with Crippen LogP contribution in [0, 0.1) is 16.7 Å². The Morgan fingerprint density at radius 2 is 1.79 bits per heavy atom. The SMILES string of the molecule is CC1(C)C(CNC(=O)CCBr)C1(C)C. The molecular formula is C11H20BrNO. The van der Waals surface area contributed by atoms with Crippen LogP contribution >= 0.6 is 15.9 Å². The Morgan fingerprint density at radius 1 is 1.29 bits per heavy atom. The maximum absolute atomic E-state index is 11.3. The van der Waals surface area contributed by atoms with Gasteiger partial charge in [-0.1, -0.05) is 43.6 Å². The molecule has 1 aliphatic rings. The lowest BCUT2D eigenvalue weighted by molar-refractivity contribution is -0.120. The van der Waals surface area contributed by atoms with Gasteiger partial charge < -0.3 is 5.32 Å². The van der Waals surface area contributed by atoms with Gasteiger partial charge in [0.05, 0.1) is 0 Å². The Kier molecular flexibility index (Phi) is 3.30. The minimum Gasteiger partial charge on any atom is -0.356 e. The average molecular weight is 262 g/mol. The summed E-state index contributed by atoms with van der Waals surface area (Å²) < 4.78 is 0. The van der Waals surface area contributed by atoms with Gasteiger partial charge in [0.15, 0.2) is 0 Å². The van der Waals surface area contributed by atoms with Crippen molar-refractivity contribution in [2.45, 2.75) is 34.1 Å². The van der Waals surface area contributed by atoms with Crippen LogP contribution in [0.15, 0.2) is 0 Å². The minimum atomic E-state index is 0.153. The predicted molar refractivity (Wildman–Crippen MR) is 62.5 cm³/mol. The fourth-order valence-corrected chi connectivity index (χ4v) is 2.59. The average Bonchev–Trinajstić information content (AvgIpc) is 2.41. The highest BCUT2D eigenvalue weighted by atomic mass is 79.9. The molecule has 2 nitrogen and oxygen atoms in total. The first-order chi connectivity index (χ1) is 6.34. The van der Waals surface area contributed by atoms with Crippen LogP contribution in [0.1, 0.15) is 34.1 Å². The topological polar surface area (TPSA) is 29.1 Å². The van der Waals surface area contributed by atoms with Crippen LogP contribution in [0.4, 0.5) is 0 Å². The number of nitrogens with one attached hydrogen (secondary N) is 1. The molecule has 0 saturated heterocycles. The molecule has 0 unspecified atom stereocenters. The van der Waals surface area contributed by atoms with Crippen LogP contribution in [0.2, 0.25) is 0 Å². The quantitative estimate of drug-likeness (QED) is 0.775. The molecule has 0 bridgehead atoms. The summed E-state index contributed by atoms with van der Waals surface area (Å²) in [5.41, 5.74) is 0.739. The number of carbonyl (C=O) groups is 1. The van der Waals surface area contributed by atoms with Gasteiger partial charge in [-0.25, -0.2) is 0 Å². The Balaban J connectivity index is 2.32. The van der Waals surface area contributed by atoms with Crippen molar-refractivity contribution in [1.82, 2.24) is 5.32 Å². The first-order valence-corrected chi connectivity index (χ1v) is 6.29. The normalized spacial score (nSPS) is 23.2. The van der Waals surface area contributed by atoms with Gasteiger partial charge in [0.1, 0.15) is 0 Å². The lowest BCUT2D eigenvalue weighted by atomic mass is 10.0. The lowest BCUT2D eigenvalue weighted by Gasteiger charge is -2.04. The van der Waals surface area contributed by atoms with E-state index in [9.17, 15) is 4.79 Å². The molecular weight excluding hydrogens is 242 g/mol. The van der Waals surface area contributed by atoms with E-state index in [1.807, 2.05) is 0 Å². The summed E-state index contributed by atoms with van der Waals surface area (Å²) in [6.07, 6.45) is 0.577. The van der Waals surface area contributed by atoms with E-state index >= 15 is 0 Å². The van der Waals surface area contributed by atoms with Gasteiger partial charge in [-0.05, 0) is 16.7 Å². The van der Waals surface area contributed by atoms with E-state index in [2.05, 4.69) is 48.9 Å². The number of rotatable bonds is 4. The van der Waals surface area contributed by atoms with Crippen molar-refractivity contribution in [3.05, 3.63) is 0 Å². The second-order valence-electron chi connectivity index (χ2n) is 5.24. The Bertz CT molecular complexity index is 221. The summed E-state index contributed by atoms with van der Waals surface area (Å²) in [6, 6.07) is 0. The molecule has 1 rings (SSSR count). The summed E-state index contributed by atoms with van der Waals surface area (Å²) in [5, 5.41) is 3.73. The molecule has 0 aromatic rings. The van der Waals surface area contributed by atoms with E-state index in [1.54, 1.807) is 0 Å². The molecule has 1 saturated carbocycles. The summed E-state index contributed by atoms with van der Waals surface area (Å²) in [4.78, 5) is 11.3. The number of carbonyl (C=O) groups excluding carboxylic acids is 1. The Morgan fingerprint density at radius 3 is 2.14 bits per heavy atom. The molecule has 14 heavy (non-hydrogen) atoms. The van der Waals surface area contributed by atoms with Gasteiger partial charge in [0, 0.05) is 18.3 Å². The van der Waals surface area contributed by atoms with Crippen molar-refractivity contribution in [2.75, 3.05) is 11.9 Å². The third-order valence-electron chi connectivity index (χ3n) is 4.14. The van der Waals surface area contributed by atoms with Gasteiger partial charge >= 0.3 is 0 Å². The second-order valence-corrected chi connectivity index (χ2v) is 6.03. The first kappa shape index (κ1) is 12.0. The van der Waals surface area contributed by atoms with E-state index in [0.29, 0.717) is 23.2 Å². The molecule has 0 aliphatic heterocycles. The van der Waals surface area contributed by atoms with Crippen molar-refractivity contribution in [1.29, 1.82) is 0 Å². The van der Waals surface area contributed by atoms with Gasteiger partial charge in [0.25, 0.3) is 0 Å². The van der Waals surface area contributed by atoms with Crippen LogP contribution in [-0.4, -0.2) is 17.8 Å². The summed E-state index contributed by atoms with van der Waals surface area (Å²) in [7, 11) is 0. The maximum atomic E-state index is 11.3. The van der Waals surface area contributed by atoms with E-state index in [1.165, 1.54) is 0 Å². The van der Waals surface area contributed by atoms with Crippen molar-refractivity contribution in [3.63, 3.8) is 0 Å². The highest BCUT2D eigenvalue weighted by molar-refractivity contribution is 9.09. The molecule has 1 N–H and O–H groups in total. The predicted octanol–water partition coefficient (Wildman–Crippen LogP) is 2.57. The fraction of sp³-hybridized carbons (Fsp3) is 0.909.